The van der Waals surface area contributed by atoms with E-state index in [1.165, 1.54) is 12.1 Å². The predicted octanol–water partition coefficient (Wildman–Crippen LogP) is 4.57. The number of fused-ring (bicyclic) bond motifs is 1. The van der Waals surface area contributed by atoms with Crippen molar-refractivity contribution in [2.24, 2.45) is 0 Å². The number of carbonyl (C=O) groups excluding carboxylic acids is 2. The summed E-state index contributed by atoms with van der Waals surface area (Å²) < 4.78 is 18.4. The molecule has 0 radical (unpaired) electrons. The molecule has 7 heteroatoms. The van der Waals surface area contributed by atoms with Gasteiger partial charge in [-0.2, -0.15) is 0 Å². The molecule has 0 saturated carbocycles. The lowest BCUT2D eigenvalue weighted by molar-refractivity contribution is 0.102. The van der Waals surface area contributed by atoms with Crippen molar-refractivity contribution in [1.82, 2.24) is 5.32 Å². The maximum Gasteiger partial charge on any atom is 0.407 e. The lowest BCUT2D eigenvalue weighted by Crippen LogP contribution is -2.27. The van der Waals surface area contributed by atoms with E-state index in [1.54, 1.807) is 42.5 Å². The Morgan fingerprint density at radius 3 is 2.71 bits per heavy atom. The van der Waals surface area contributed by atoms with Gasteiger partial charge in [-0.05, 0) is 65.9 Å². The van der Waals surface area contributed by atoms with Gasteiger partial charge in [-0.3, -0.25) is 4.79 Å². The molecule has 0 bridgehead atoms. The average molecular weight is 419 g/mol. The van der Waals surface area contributed by atoms with Crippen molar-refractivity contribution in [1.29, 1.82) is 0 Å². The molecule has 0 saturated heterocycles. The minimum absolute atomic E-state index is 0.00903. The number of halogens is 1. The molecule has 1 atom stereocenters. The number of nitrogens with one attached hydrogen (secondary N) is 2. The fourth-order valence-electron chi connectivity index (χ4n) is 3.67. The minimum atomic E-state index is -0.566. The number of hydrogen-bond donors (Lipinski definition) is 3. The zero-order valence-electron chi connectivity index (χ0n) is 16.7. The Balaban J connectivity index is 1.37. The molecular formula is C24H22FN3O3. The van der Waals surface area contributed by atoms with Crippen LogP contribution in [0.4, 0.5) is 20.6 Å². The van der Waals surface area contributed by atoms with Crippen LogP contribution < -0.4 is 16.4 Å². The Labute approximate surface area is 179 Å². The molecule has 2 amide bonds. The molecule has 31 heavy (non-hydrogen) atoms. The quantitative estimate of drug-likeness (QED) is 0.528. The molecule has 1 unspecified atom stereocenters. The van der Waals surface area contributed by atoms with Gasteiger partial charge < -0.3 is 21.1 Å². The monoisotopic (exact) mass is 419 g/mol. The summed E-state index contributed by atoms with van der Waals surface area (Å²) in [6.45, 7) is -0.00903. The summed E-state index contributed by atoms with van der Waals surface area (Å²) >= 11 is 0. The number of nitrogens with two attached hydrogens (primary N) is 1. The van der Waals surface area contributed by atoms with E-state index in [0.29, 0.717) is 28.9 Å². The summed E-state index contributed by atoms with van der Waals surface area (Å²) in [6.07, 6.45) is 0.878. The number of carbonyl (C=O) groups is 2. The molecule has 3 aromatic carbocycles. The lowest BCUT2D eigenvalue weighted by atomic mass is 10.0. The summed E-state index contributed by atoms with van der Waals surface area (Å²) in [5.74, 6) is -0.618. The van der Waals surface area contributed by atoms with Crippen molar-refractivity contribution < 1.29 is 18.7 Å². The maximum atomic E-state index is 13.2. The lowest BCUT2D eigenvalue weighted by Gasteiger charge is -2.15. The van der Waals surface area contributed by atoms with Gasteiger partial charge in [0.2, 0.25) is 0 Å². The van der Waals surface area contributed by atoms with E-state index in [0.717, 1.165) is 17.5 Å². The topological polar surface area (TPSA) is 93.5 Å². The molecule has 0 aliphatic heterocycles. The summed E-state index contributed by atoms with van der Waals surface area (Å²) in [5, 5.41) is 5.66. The number of anilines is 2. The molecule has 0 heterocycles. The summed E-state index contributed by atoms with van der Waals surface area (Å²) in [6, 6.07) is 18.2. The molecule has 158 valence electrons. The molecule has 0 fully saturated rings. The molecule has 1 aliphatic rings. The highest BCUT2D eigenvalue weighted by atomic mass is 19.1. The van der Waals surface area contributed by atoms with Gasteiger partial charge in [0, 0.05) is 5.56 Å². The van der Waals surface area contributed by atoms with Crippen molar-refractivity contribution >= 4 is 23.4 Å². The van der Waals surface area contributed by atoms with Crippen molar-refractivity contribution in [3.05, 3.63) is 94.8 Å². The Kier molecular flexibility index (Phi) is 5.84. The van der Waals surface area contributed by atoms with Gasteiger partial charge in [0.1, 0.15) is 12.4 Å². The number of nitrogen functional groups attached to an aromatic ring is 1. The first-order valence-corrected chi connectivity index (χ1v) is 9.96. The molecule has 0 aromatic heterocycles. The molecule has 4 N–H and O–H groups in total. The molecule has 1 aliphatic carbocycles. The second kappa shape index (κ2) is 8.87. The summed E-state index contributed by atoms with van der Waals surface area (Å²) in [5.41, 5.74) is 10.0. The van der Waals surface area contributed by atoms with Crippen LogP contribution in [0, 0.1) is 5.82 Å². The van der Waals surface area contributed by atoms with Gasteiger partial charge in [0.05, 0.1) is 17.4 Å². The SMILES string of the molecule is Nc1ccccc1NC(=O)c1ccc2c(c1)CCC2NC(=O)OCc1cccc(F)c1. The zero-order valence-corrected chi connectivity index (χ0v) is 16.7. The van der Waals surface area contributed by atoms with Gasteiger partial charge in [0.15, 0.2) is 0 Å². The van der Waals surface area contributed by atoms with Gasteiger partial charge in [0.25, 0.3) is 5.91 Å². The zero-order chi connectivity index (χ0) is 21.8. The van der Waals surface area contributed by atoms with Crippen molar-refractivity contribution in [2.45, 2.75) is 25.5 Å². The van der Waals surface area contributed by atoms with Crippen LogP contribution in [0.1, 0.15) is 39.5 Å². The fourth-order valence-corrected chi connectivity index (χ4v) is 3.67. The smallest absolute Gasteiger partial charge is 0.407 e. The molecule has 4 rings (SSSR count). The van der Waals surface area contributed by atoms with E-state index in [4.69, 9.17) is 10.5 Å². The van der Waals surface area contributed by atoms with Crippen molar-refractivity contribution in [2.75, 3.05) is 11.1 Å². The molecule has 3 aromatic rings. The molecule has 0 spiro atoms. The Hall–Kier alpha value is -3.87. The first kappa shape index (κ1) is 20.4. The van der Waals surface area contributed by atoms with E-state index in [2.05, 4.69) is 10.6 Å². The summed E-state index contributed by atoms with van der Waals surface area (Å²) in [7, 11) is 0. The number of alkyl carbamates (subject to hydrolysis) is 1. The number of benzene rings is 3. The molecule has 6 nitrogen and oxygen atoms in total. The normalized spacial score (nSPS) is 14.5. The van der Waals surface area contributed by atoms with E-state index in [1.807, 2.05) is 12.1 Å². The highest BCUT2D eigenvalue weighted by molar-refractivity contribution is 6.05. The van der Waals surface area contributed by atoms with Crippen LogP contribution in [0.2, 0.25) is 0 Å². The first-order valence-electron chi connectivity index (χ1n) is 9.96. The third kappa shape index (κ3) is 4.83. The highest BCUT2D eigenvalue weighted by Crippen LogP contribution is 2.32. The second-order valence-electron chi connectivity index (χ2n) is 7.40. The standard InChI is InChI=1S/C24H22FN3O3/c25-18-5-3-4-15(12-18)14-31-24(30)28-21-11-9-16-13-17(8-10-19(16)21)23(29)27-22-7-2-1-6-20(22)26/h1-8,10,12-13,21H,9,11,14,26H2,(H,27,29)(H,28,30). The maximum absolute atomic E-state index is 13.2. The van der Waals surface area contributed by atoms with Crippen molar-refractivity contribution in [3.8, 4) is 0 Å². The van der Waals surface area contributed by atoms with E-state index in [-0.39, 0.29) is 24.4 Å². The number of amides is 2. The predicted molar refractivity (Wildman–Crippen MR) is 116 cm³/mol. The van der Waals surface area contributed by atoms with E-state index >= 15 is 0 Å². The van der Waals surface area contributed by atoms with Gasteiger partial charge in [-0.25, -0.2) is 9.18 Å². The van der Waals surface area contributed by atoms with Crippen LogP contribution in [0.3, 0.4) is 0 Å². The second-order valence-corrected chi connectivity index (χ2v) is 7.40. The number of aryl methyl sites for hydroxylation is 1. The Morgan fingerprint density at radius 1 is 1.06 bits per heavy atom. The Bertz CT molecular complexity index is 1130. The largest absolute Gasteiger partial charge is 0.445 e. The van der Waals surface area contributed by atoms with Gasteiger partial charge in [-0.1, -0.05) is 30.3 Å². The third-order valence-corrected chi connectivity index (χ3v) is 5.24. The van der Waals surface area contributed by atoms with E-state index in [9.17, 15) is 14.0 Å². The van der Waals surface area contributed by atoms with Crippen LogP contribution >= 0.6 is 0 Å². The van der Waals surface area contributed by atoms with Gasteiger partial charge >= 0.3 is 6.09 Å². The van der Waals surface area contributed by atoms with Gasteiger partial charge in [-0.15, -0.1) is 0 Å². The number of ether oxygens (including phenoxy) is 1. The van der Waals surface area contributed by atoms with Crippen LogP contribution in [-0.2, 0) is 17.8 Å². The summed E-state index contributed by atoms with van der Waals surface area (Å²) in [4.78, 5) is 24.8. The highest BCUT2D eigenvalue weighted by Gasteiger charge is 2.25. The van der Waals surface area contributed by atoms with Crippen LogP contribution in [-0.4, -0.2) is 12.0 Å². The first-order chi connectivity index (χ1) is 15.0. The number of rotatable bonds is 5. The number of para-hydroxylation sites is 2. The molecular weight excluding hydrogens is 397 g/mol. The third-order valence-electron chi connectivity index (χ3n) is 5.24. The Morgan fingerprint density at radius 2 is 1.90 bits per heavy atom. The van der Waals surface area contributed by atoms with E-state index < -0.39 is 6.09 Å². The average Bonchev–Trinajstić information content (AvgIpc) is 3.16. The minimum Gasteiger partial charge on any atom is -0.445 e. The fraction of sp³-hybridized carbons (Fsp3) is 0.167. The van der Waals surface area contributed by atoms with Crippen LogP contribution in [0.15, 0.2) is 66.7 Å². The van der Waals surface area contributed by atoms with Crippen LogP contribution in [0.25, 0.3) is 0 Å². The van der Waals surface area contributed by atoms with Crippen LogP contribution in [0.5, 0.6) is 0 Å². The number of hydrogen-bond acceptors (Lipinski definition) is 4. The van der Waals surface area contributed by atoms with Crippen molar-refractivity contribution in [3.63, 3.8) is 0 Å².